The van der Waals surface area contributed by atoms with Crippen LogP contribution in [0.25, 0.3) is 0 Å². The zero-order valence-corrected chi connectivity index (χ0v) is 15.8. The van der Waals surface area contributed by atoms with E-state index in [1.807, 2.05) is 24.3 Å². The minimum atomic E-state index is -0.421. The largest absolute Gasteiger partial charge is 0.361 e. The summed E-state index contributed by atoms with van der Waals surface area (Å²) in [7, 11) is 0. The molecule has 0 aliphatic carbocycles. The van der Waals surface area contributed by atoms with E-state index in [1.165, 1.54) is 0 Å². The lowest BCUT2D eigenvalue weighted by molar-refractivity contribution is -0.157. The maximum absolute atomic E-state index is 12.6. The summed E-state index contributed by atoms with van der Waals surface area (Å²) in [6, 6.07) is 14.2. The van der Waals surface area contributed by atoms with Gasteiger partial charge in [-0.2, -0.15) is 5.10 Å². The zero-order chi connectivity index (χ0) is 19.4. The van der Waals surface area contributed by atoms with Crippen molar-refractivity contribution in [3.8, 4) is 0 Å². The monoisotopic (exact) mass is 407 g/mol. The zero-order valence-electron chi connectivity index (χ0n) is 14.3. The molecule has 2 aromatic rings. The Morgan fingerprint density at radius 1 is 1.11 bits per heavy atom. The number of nitrogens with two attached hydrogens (primary N) is 2. The Kier molecular flexibility index (Phi) is 6.18. The third-order valence-corrected chi connectivity index (χ3v) is 4.89. The van der Waals surface area contributed by atoms with Crippen molar-refractivity contribution >= 4 is 34.9 Å². The van der Waals surface area contributed by atoms with Gasteiger partial charge in [0.25, 0.3) is 0 Å². The molecular weight excluding hydrogens is 389 g/mol. The van der Waals surface area contributed by atoms with Gasteiger partial charge < -0.3 is 20.9 Å². The predicted molar refractivity (Wildman–Crippen MR) is 105 cm³/mol. The van der Waals surface area contributed by atoms with Gasteiger partial charge in [-0.15, -0.1) is 0 Å². The highest BCUT2D eigenvalue weighted by Crippen LogP contribution is 2.40. The maximum atomic E-state index is 12.6. The van der Waals surface area contributed by atoms with Gasteiger partial charge in [-0.25, -0.2) is 5.84 Å². The first-order chi connectivity index (χ1) is 13.0. The van der Waals surface area contributed by atoms with Crippen LogP contribution in [0.2, 0.25) is 10.0 Å². The lowest BCUT2D eigenvalue weighted by Crippen LogP contribution is -2.50. The molecule has 0 aromatic heterocycles. The lowest BCUT2D eigenvalue weighted by Gasteiger charge is -2.41. The summed E-state index contributed by atoms with van der Waals surface area (Å²) in [5.74, 6) is 10.9. The van der Waals surface area contributed by atoms with E-state index in [0.29, 0.717) is 10.0 Å². The van der Waals surface area contributed by atoms with Crippen LogP contribution >= 0.6 is 23.2 Å². The summed E-state index contributed by atoms with van der Waals surface area (Å²) < 4.78 is 5.90. The Hall–Kier alpha value is -2.32. The minimum absolute atomic E-state index is 0.0696. The smallest absolute Gasteiger partial charge is 0.249 e. The first-order valence-corrected chi connectivity index (χ1v) is 8.94. The molecule has 1 heterocycles. The van der Waals surface area contributed by atoms with Gasteiger partial charge in [0, 0.05) is 10.0 Å². The fraction of sp³-hybridized carbons (Fsp3) is 0.222. The van der Waals surface area contributed by atoms with Gasteiger partial charge in [-0.05, 0) is 35.4 Å². The van der Waals surface area contributed by atoms with E-state index in [4.69, 9.17) is 39.6 Å². The second-order valence-corrected chi connectivity index (χ2v) is 6.89. The molecule has 1 aliphatic rings. The van der Waals surface area contributed by atoms with E-state index in [2.05, 4.69) is 10.5 Å². The number of hydrazone groups is 1. The van der Waals surface area contributed by atoms with E-state index < -0.39 is 12.1 Å². The molecule has 0 radical (unpaired) electrons. The molecule has 2 aromatic carbocycles. The Balaban J connectivity index is 2.04. The number of hydrazine groups is 1. The first-order valence-electron chi connectivity index (χ1n) is 8.19. The van der Waals surface area contributed by atoms with Gasteiger partial charge in [0.15, 0.2) is 5.84 Å². The average Bonchev–Trinajstić information content (AvgIpc) is 2.68. The number of hydrogen-bond acceptors (Lipinski definition) is 5. The molecule has 2 unspecified atom stereocenters. The van der Waals surface area contributed by atoms with Crippen molar-refractivity contribution in [2.45, 2.75) is 12.1 Å². The SMILES string of the molecule is N/N=C(/CN1C(=O)COC(c2ccc(Cl)cc2)C1c1ccc(Cl)cc1)NN. The first kappa shape index (κ1) is 19.4. The number of amidine groups is 1. The van der Waals surface area contributed by atoms with Crippen molar-refractivity contribution in [2.75, 3.05) is 13.2 Å². The molecule has 1 amide bonds. The number of ether oxygens (including phenoxy) is 1. The molecule has 1 aliphatic heterocycles. The molecule has 0 bridgehead atoms. The Labute approximate surface area is 166 Å². The molecule has 7 nitrogen and oxygen atoms in total. The van der Waals surface area contributed by atoms with Crippen molar-refractivity contribution < 1.29 is 9.53 Å². The van der Waals surface area contributed by atoms with Crippen LogP contribution in [-0.4, -0.2) is 29.8 Å². The Bertz CT molecular complexity index is 827. The third-order valence-electron chi connectivity index (χ3n) is 4.38. The van der Waals surface area contributed by atoms with Crippen LogP contribution in [0.5, 0.6) is 0 Å². The van der Waals surface area contributed by atoms with Crippen LogP contribution in [-0.2, 0) is 9.53 Å². The number of benzene rings is 2. The van der Waals surface area contributed by atoms with Crippen LogP contribution in [0.1, 0.15) is 23.3 Å². The summed E-state index contributed by atoms with van der Waals surface area (Å²) >= 11 is 12.0. The van der Waals surface area contributed by atoms with Gasteiger partial charge in [0.05, 0.1) is 12.6 Å². The summed E-state index contributed by atoms with van der Waals surface area (Å²) in [6.07, 6.45) is -0.405. The van der Waals surface area contributed by atoms with Gasteiger partial charge in [-0.1, -0.05) is 47.5 Å². The predicted octanol–water partition coefficient (Wildman–Crippen LogP) is 2.37. The maximum Gasteiger partial charge on any atom is 0.249 e. The molecule has 2 atom stereocenters. The molecule has 1 fully saturated rings. The second-order valence-electron chi connectivity index (χ2n) is 6.02. The van der Waals surface area contributed by atoms with Gasteiger partial charge >= 0.3 is 0 Å². The molecule has 0 saturated carbocycles. The van der Waals surface area contributed by atoms with Crippen LogP contribution in [0.4, 0.5) is 0 Å². The second kappa shape index (κ2) is 8.58. The molecule has 5 N–H and O–H groups in total. The standard InChI is InChI=1S/C18H19Cl2N5O2/c19-13-5-1-11(2-6-13)17-18(12-3-7-14(20)8-4-12)27-10-16(26)25(17)9-15(23-21)24-22/h1-8,17-18H,9-10,21-22H2,(H,23,24). The van der Waals surface area contributed by atoms with Crippen molar-refractivity contribution in [3.05, 3.63) is 69.7 Å². The van der Waals surface area contributed by atoms with Crippen molar-refractivity contribution in [1.82, 2.24) is 10.3 Å². The summed E-state index contributed by atoms with van der Waals surface area (Å²) in [5, 5.41) is 4.82. The summed E-state index contributed by atoms with van der Waals surface area (Å²) in [4.78, 5) is 14.3. The highest BCUT2D eigenvalue weighted by atomic mass is 35.5. The number of nitrogens with one attached hydrogen (secondary N) is 1. The van der Waals surface area contributed by atoms with Crippen molar-refractivity contribution in [1.29, 1.82) is 0 Å². The topological polar surface area (TPSA) is 106 Å². The van der Waals surface area contributed by atoms with Gasteiger partial charge in [0.1, 0.15) is 12.7 Å². The van der Waals surface area contributed by atoms with Gasteiger partial charge in [0.2, 0.25) is 5.91 Å². The van der Waals surface area contributed by atoms with E-state index >= 15 is 0 Å². The normalized spacial score (nSPS) is 20.6. The number of hydrogen-bond donors (Lipinski definition) is 3. The highest BCUT2D eigenvalue weighted by Gasteiger charge is 2.39. The van der Waals surface area contributed by atoms with Crippen LogP contribution in [0.3, 0.4) is 0 Å². The third kappa shape index (κ3) is 4.33. The molecule has 27 heavy (non-hydrogen) atoms. The van der Waals surface area contributed by atoms with Crippen LogP contribution < -0.4 is 17.1 Å². The minimum Gasteiger partial charge on any atom is -0.361 e. The fourth-order valence-electron chi connectivity index (χ4n) is 3.07. The van der Waals surface area contributed by atoms with E-state index in [9.17, 15) is 4.79 Å². The molecule has 142 valence electrons. The number of morpholine rings is 1. The lowest BCUT2D eigenvalue weighted by atomic mass is 9.92. The quantitative estimate of drug-likeness (QED) is 0.312. The molecule has 9 heteroatoms. The summed E-state index contributed by atoms with van der Waals surface area (Å²) in [5.41, 5.74) is 4.17. The van der Waals surface area contributed by atoms with Crippen molar-refractivity contribution in [3.63, 3.8) is 0 Å². The number of carbonyl (C=O) groups excluding carboxylic acids is 1. The molecular formula is C18H19Cl2N5O2. The van der Waals surface area contributed by atoms with E-state index in [-0.39, 0.29) is 24.9 Å². The fourth-order valence-corrected chi connectivity index (χ4v) is 3.32. The number of rotatable bonds is 4. The molecule has 1 saturated heterocycles. The van der Waals surface area contributed by atoms with Crippen LogP contribution in [0.15, 0.2) is 53.6 Å². The van der Waals surface area contributed by atoms with Crippen LogP contribution in [0, 0.1) is 0 Å². The number of carbonyl (C=O) groups is 1. The molecule has 3 rings (SSSR count). The van der Waals surface area contributed by atoms with Crippen molar-refractivity contribution in [2.24, 2.45) is 16.8 Å². The molecule has 0 spiro atoms. The van der Waals surface area contributed by atoms with E-state index in [1.54, 1.807) is 29.2 Å². The highest BCUT2D eigenvalue weighted by molar-refractivity contribution is 6.30. The Morgan fingerprint density at radius 3 is 2.19 bits per heavy atom. The summed E-state index contributed by atoms with van der Waals surface area (Å²) in [6.45, 7) is 0.0480. The number of nitrogens with zero attached hydrogens (tertiary/aromatic N) is 2. The number of halogens is 2. The average molecular weight is 408 g/mol. The van der Waals surface area contributed by atoms with Gasteiger partial charge in [-0.3, -0.25) is 4.79 Å². The van der Waals surface area contributed by atoms with E-state index in [0.717, 1.165) is 11.1 Å². The number of amides is 1. The Morgan fingerprint density at radius 2 is 1.67 bits per heavy atom.